The summed E-state index contributed by atoms with van der Waals surface area (Å²) >= 11 is 0. The zero-order chi connectivity index (χ0) is 22.2. The van der Waals surface area contributed by atoms with Crippen LogP contribution in [0.2, 0.25) is 0 Å². The topological polar surface area (TPSA) is 93.7 Å². The van der Waals surface area contributed by atoms with E-state index in [1.54, 1.807) is 17.9 Å². The van der Waals surface area contributed by atoms with E-state index in [1.807, 2.05) is 24.3 Å². The molecule has 0 saturated carbocycles. The molecule has 1 aliphatic heterocycles. The molecule has 5 rings (SSSR count). The number of methoxy groups -OCH3 is 1. The van der Waals surface area contributed by atoms with Gasteiger partial charge in [-0.3, -0.25) is 4.57 Å². The number of hydrogen-bond acceptors (Lipinski definition) is 8. The van der Waals surface area contributed by atoms with Crippen molar-refractivity contribution in [1.82, 2.24) is 34.0 Å². The van der Waals surface area contributed by atoms with Crippen LogP contribution in [0.3, 0.4) is 0 Å². The van der Waals surface area contributed by atoms with Crippen molar-refractivity contribution in [3.8, 4) is 5.75 Å². The van der Waals surface area contributed by atoms with Crippen molar-refractivity contribution >= 4 is 22.6 Å². The molecule has 10 nitrogen and oxygen atoms in total. The Hall–Kier alpha value is -3.53. The van der Waals surface area contributed by atoms with Crippen LogP contribution in [0.25, 0.3) is 16.8 Å². The summed E-state index contributed by atoms with van der Waals surface area (Å²) < 4.78 is 8.11. The molecular formula is C23H30N8O2. The molecule has 33 heavy (non-hydrogen) atoms. The molecule has 174 valence electrons. The highest BCUT2D eigenvalue weighted by Crippen LogP contribution is 2.23. The minimum atomic E-state index is -0.299. The standard InChI is InChI=1S/C22H26N8O2.CH4/c1-27-10-8-16(9-11-27)28(2)18-12-23-20-19(26-18)21-24-14-25-30(21)22(31)29(20)13-15-4-6-17(32-3)7-5-15;/h4-7,12,14,16H,8-11,13H2,1-3H3;1H4. The van der Waals surface area contributed by atoms with Crippen molar-refractivity contribution in [1.29, 1.82) is 0 Å². The van der Waals surface area contributed by atoms with Crippen molar-refractivity contribution in [2.24, 2.45) is 0 Å². The molecule has 0 N–H and O–H groups in total. The maximum absolute atomic E-state index is 13.1. The molecule has 0 unspecified atom stereocenters. The summed E-state index contributed by atoms with van der Waals surface area (Å²) in [5, 5.41) is 4.14. The van der Waals surface area contributed by atoms with E-state index in [1.165, 1.54) is 10.8 Å². The van der Waals surface area contributed by atoms with E-state index < -0.39 is 0 Å². The molecule has 1 saturated heterocycles. The second-order valence-corrected chi connectivity index (χ2v) is 8.26. The van der Waals surface area contributed by atoms with Crippen molar-refractivity contribution < 1.29 is 4.74 Å². The first-order chi connectivity index (χ1) is 15.5. The molecule has 4 heterocycles. The van der Waals surface area contributed by atoms with E-state index in [-0.39, 0.29) is 13.1 Å². The number of likely N-dealkylation sites (tertiary alicyclic amines) is 1. The molecule has 0 spiro atoms. The van der Waals surface area contributed by atoms with Gasteiger partial charge in [0.25, 0.3) is 0 Å². The first-order valence-electron chi connectivity index (χ1n) is 10.7. The van der Waals surface area contributed by atoms with Crippen molar-refractivity contribution in [3.05, 3.63) is 52.8 Å². The summed E-state index contributed by atoms with van der Waals surface area (Å²) in [6.45, 7) is 2.46. The first-order valence-corrected chi connectivity index (χ1v) is 10.7. The van der Waals surface area contributed by atoms with Crippen LogP contribution >= 0.6 is 0 Å². The summed E-state index contributed by atoms with van der Waals surface area (Å²) in [5.74, 6) is 1.53. The molecule has 10 heteroatoms. The highest BCUT2D eigenvalue weighted by atomic mass is 16.5. The number of aromatic nitrogens is 6. The lowest BCUT2D eigenvalue weighted by atomic mass is 10.0. The quantitative estimate of drug-likeness (QED) is 0.456. The Kier molecular flexibility index (Phi) is 6.28. The summed E-state index contributed by atoms with van der Waals surface area (Å²) in [6.07, 6.45) is 5.27. The van der Waals surface area contributed by atoms with E-state index in [9.17, 15) is 4.79 Å². The van der Waals surface area contributed by atoms with Crippen LogP contribution in [0.15, 0.2) is 41.6 Å². The summed E-state index contributed by atoms with van der Waals surface area (Å²) in [5.41, 5.74) is 2.12. The van der Waals surface area contributed by atoms with Gasteiger partial charge in [0.15, 0.2) is 16.8 Å². The van der Waals surface area contributed by atoms with Gasteiger partial charge in [-0.05, 0) is 50.7 Å². The zero-order valence-corrected chi connectivity index (χ0v) is 18.5. The lowest BCUT2D eigenvalue weighted by Crippen LogP contribution is -2.42. The fraction of sp³-hybridized carbons (Fsp3) is 0.435. The lowest BCUT2D eigenvalue weighted by molar-refractivity contribution is 0.252. The van der Waals surface area contributed by atoms with Crippen LogP contribution in [0.5, 0.6) is 5.75 Å². The number of rotatable bonds is 5. The fourth-order valence-corrected chi connectivity index (χ4v) is 4.26. The van der Waals surface area contributed by atoms with E-state index in [0.717, 1.165) is 43.1 Å². The molecule has 0 radical (unpaired) electrons. The Labute approximate surface area is 192 Å². The number of ether oxygens (including phenoxy) is 1. The van der Waals surface area contributed by atoms with Crippen molar-refractivity contribution in [2.75, 3.05) is 39.2 Å². The molecule has 0 atom stereocenters. The van der Waals surface area contributed by atoms with Gasteiger partial charge in [0, 0.05) is 13.1 Å². The summed E-state index contributed by atoms with van der Waals surface area (Å²) in [7, 11) is 5.83. The fourth-order valence-electron chi connectivity index (χ4n) is 4.26. The van der Waals surface area contributed by atoms with Gasteiger partial charge >= 0.3 is 5.69 Å². The van der Waals surface area contributed by atoms with Crippen molar-refractivity contribution in [2.45, 2.75) is 32.9 Å². The Morgan fingerprint density at radius 1 is 1.12 bits per heavy atom. The maximum Gasteiger partial charge on any atom is 0.352 e. The van der Waals surface area contributed by atoms with Gasteiger partial charge in [0.1, 0.15) is 17.9 Å². The SMILES string of the molecule is C.COc1ccc(Cn2c(=O)n3ncnc3c3nc(N(C)C4CCN(C)CC4)cnc32)cc1. The number of piperidine rings is 1. The van der Waals surface area contributed by atoms with E-state index in [4.69, 9.17) is 9.72 Å². The Morgan fingerprint density at radius 2 is 1.85 bits per heavy atom. The molecule has 1 fully saturated rings. The zero-order valence-electron chi connectivity index (χ0n) is 18.5. The number of benzene rings is 1. The predicted octanol–water partition coefficient (Wildman–Crippen LogP) is 2.06. The molecule has 0 bridgehead atoms. The number of hydrogen-bond donors (Lipinski definition) is 0. The predicted molar refractivity (Wildman–Crippen MR) is 128 cm³/mol. The van der Waals surface area contributed by atoms with Gasteiger partial charge in [0.05, 0.1) is 19.9 Å². The Balaban J connectivity index is 0.00000259. The number of nitrogens with zero attached hydrogens (tertiary/aromatic N) is 8. The van der Waals surface area contributed by atoms with Gasteiger partial charge in [0.2, 0.25) is 0 Å². The highest BCUT2D eigenvalue weighted by Gasteiger charge is 2.23. The van der Waals surface area contributed by atoms with Crippen molar-refractivity contribution in [3.63, 3.8) is 0 Å². The monoisotopic (exact) mass is 450 g/mol. The summed E-state index contributed by atoms with van der Waals surface area (Å²) in [4.78, 5) is 31.5. The normalized spacial score (nSPS) is 15.0. The van der Waals surface area contributed by atoms with Gasteiger partial charge in [-0.2, -0.15) is 9.61 Å². The van der Waals surface area contributed by atoms with E-state index in [2.05, 4.69) is 39.0 Å². The molecule has 0 aliphatic carbocycles. The van der Waals surface area contributed by atoms with Gasteiger partial charge in [-0.15, -0.1) is 0 Å². The van der Waals surface area contributed by atoms with Crippen LogP contribution in [0, 0.1) is 0 Å². The van der Waals surface area contributed by atoms with Gasteiger partial charge < -0.3 is 14.5 Å². The average Bonchev–Trinajstić information content (AvgIpc) is 3.32. The minimum absolute atomic E-state index is 0. The van der Waals surface area contributed by atoms with Gasteiger partial charge in [-0.25, -0.2) is 19.7 Å². The van der Waals surface area contributed by atoms with Crippen LogP contribution in [0.4, 0.5) is 5.82 Å². The minimum Gasteiger partial charge on any atom is -0.497 e. The maximum atomic E-state index is 13.1. The molecule has 3 aromatic heterocycles. The number of anilines is 1. The van der Waals surface area contributed by atoms with Crippen LogP contribution in [-0.2, 0) is 6.54 Å². The van der Waals surface area contributed by atoms with Crippen LogP contribution in [0.1, 0.15) is 25.8 Å². The van der Waals surface area contributed by atoms with E-state index in [0.29, 0.717) is 29.4 Å². The second kappa shape index (κ2) is 9.14. The molecular weight excluding hydrogens is 420 g/mol. The highest BCUT2D eigenvalue weighted by molar-refractivity contribution is 5.85. The molecule has 1 aliphatic rings. The first kappa shape index (κ1) is 22.7. The Bertz CT molecular complexity index is 1310. The third-order valence-electron chi connectivity index (χ3n) is 6.26. The largest absolute Gasteiger partial charge is 0.497 e. The second-order valence-electron chi connectivity index (χ2n) is 8.26. The van der Waals surface area contributed by atoms with Crippen LogP contribution < -0.4 is 15.3 Å². The summed E-state index contributed by atoms with van der Waals surface area (Å²) in [6, 6.07) is 8.00. The third kappa shape index (κ3) is 4.13. The number of fused-ring (bicyclic) bond motifs is 3. The third-order valence-corrected chi connectivity index (χ3v) is 6.26. The molecule has 0 amide bonds. The average molecular weight is 451 g/mol. The Morgan fingerprint density at radius 3 is 2.55 bits per heavy atom. The van der Waals surface area contributed by atoms with Gasteiger partial charge in [-0.1, -0.05) is 19.6 Å². The van der Waals surface area contributed by atoms with E-state index >= 15 is 0 Å². The van der Waals surface area contributed by atoms with Crippen LogP contribution in [-0.4, -0.2) is 74.4 Å². The smallest absolute Gasteiger partial charge is 0.352 e. The molecule has 4 aromatic rings. The lowest BCUT2D eigenvalue weighted by Gasteiger charge is -2.35. The molecule has 1 aromatic carbocycles.